The monoisotopic (exact) mass is 323 g/mol. The third-order valence-corrected chi connectivity index (χ3v) is 5.02. The van der Waals surface area contributed by atoms with Gasteiger partial charge in [0.2, 0.25) is 0 Å². The maximum Gasteiger partial charge on any atom is 0.126 e. The highest BCUT2D eigenvalue weighted by Gasteiger charge is 2.13. The van der Waals surface area contributed by atoms with E-state index in [0.717, 1.165) is 26.8 Å². The van der Waals surface area contributed by atoms with E-state index in [0.29, 0.717) is 5.56 Å². The van der Waals surface area contributed by atoms with Crippen molar-refractivity contribution in [3.8, 4) is 0 Å². The van der Waals surface area contributed by atoms with Gasteiger partial charge in [-0.1, -0.05) is 29.8 Å². The molecule has 0 amide bonds. The van der Waals surface area contributed by atoms with Crippen LogP contribution in [0.15, 0.2) is 41.3 Å². The molecule has 1 unspecified atom stereocenters. The van der Waals surface area contributed by atoms with Crippen molar-refractivity contribution in [2.45, 2.75) is 30.5 Å². The molecule has 0 fully saturated rings. The van der Waals surface area contributed by atoms with Crippen LogP contribution in [0.5, 0.6) is 0 Å². The van der Waals surface area contributed by atoms with Crippen LogP contribution in [-0.2, 0) is 5.75 Å². The molecule has 0 bridgehead atoms. The summed E-state index contributed by atoms with van der Waals surface area (Å²) in [4.78, 5) is 1.09. The highest BCUT2D eigenvalue weighted by atomic mass is 35.5. The smallest absolute Gasteiger partial charge is 0.126 e. The Bertz CT molecular complexity index is 630. The van der Waals surface area contributed by atoms with E-state index in [1.165, 1.54) is 0 Å². The number of benzene rings is 2. The van der Waals surface area contributed by atoms with E-state index in [9.17, 15) is 4.39 Å². The summed E-state index contributed by atoms with van der Waals surface area (Å²) in [6, 6.07) is 11.5. The number of hydrogen-bond donors (Lipinski definition) is 1. The van der Waals surface area contributed by atoms with E-state index in [-0.39, 0.29) is 11.9 Å². The number of thioether (sulfide) groups is 1. The van der Waals surface area contributed by atoms with Crippen molar-refractivity contribution in [3.05, 3.63) is 63.9 Å². The summed E-state index contributed by atoms with van der Waals surface area (Å²) in [5, 5.41) is 3.94. The molecule has 21 heavy (non-hydrogen) atoms. The molecule has 112 valence electrons. The highest BCUT2D eigenvalue weighted by molar-refractivity contribution is 7.98. The van der Waals surface area contributed by atoms with Crippen LogP contribution < -0.4 is 5.32 Å². The molecule has 0 aliphatic heterocycles. The van der Waals surface area contributed by atoms with E-state index in [1.54, 1.807) is 24.8 Å². The summed E-state index contributed by atoms with van der Waals surface area (Å²) in [7, 11) is 1.88. The van der Waals surface area contributed by atoms with Gasteiger partial charge in [-0.3, -0.25) is 0 Å². The maximum absolute atomic E-state index is 13.8. The lowest BCUT2D eigenvalue weighted by Crippen LogP contribution is -2.13. The van der Waals surface area contributed by atoms with Gasteiger partial charge < -0.3 is 5.32 Å². The van der Waals surface area contributed by atoms with Crippen LogP contribution >= 0.6 is 23.4 Å². The Morgan fingerprint density at radius 1 is 1.29 bits per heavy atom. The summed E-state index contributed by atoms with van der Waals surface area (Å²) < 4.78 is 13.8. The van der Waals surface area contributed by atoms with Gasteiger partial charge in [-0.05, 0) is 55.8 Å². The standard InChI is InChI=1S/C17H19ClFNS/c1-11-8-17(14(9-16(11)19)12(2)20-3)21-10-13-6-4-5-7-15(13)18/h4-9,12,20H,10H2,1-3H3. The predicted molar refractivity (Wildman–Crippen MR) is 89.6 cm³/mol. The first kappa shape index (κ1) is 16.3. The third kappa shape index (κ3) is 4.00. The van der Waals surface area contributed by atoms with Gasteiger partial charge in [0.15, 0.2) is 0 Å². The average molecular weight is 324 g/mol. The molecule has 0 aliphatic carbocycles. The molecule has 1 N–H and O–H groups in total. The summed E-state index contributed by atoms with van der Waals surface area (Å²) in [6.45, 7) is 3.83. The van der Waals surface area contributed by atoms with Gasteiger partial charge in [0.1, 0.15) is 5.82 Å². The van der Waals surface area contributed by atoms with E-state index in [2.05, 4.69) is 5.32 Å². The van der Waals surface area contributed by atoms with Gasteiger partial charge in [-0.15, -0.1) is 11.8 Å². The van der Waals surface area contributed by atoms with E-state index in [1.807, 2.05) is 44.3 Å². The normalized spacial score (nSPS) is 12.4. The van der Waals surface area contributed by atoms with Crippen LogP contribution in [0.1, 0.15) is 29.7 Å². The summed E-state index contributed by atoms with van der Waals surface area (Å²) >= 11 is 7.88. The largest absolute Gasteiger partial charge is 0.313 e. The minimum atomic E-state index is -0.158. The molecule has 0 saturated heterocycles. The average Bonchev–Trinajstić information content (AvgIpc) is 2.48. The van der Waals surface area contributed by atoms with Crippen LogP contribution in [0.4, 0.5) is 4.39 Å². The third-order valence-electron chi connectivity index (χ3n) is 3.53. The Balaban J connectivity index is 2.26. The van der Waals surface area contributed by atoms with Gasteiger partial charge in [-0.25, -0.2) is 4.39 Å². The Morgan fingerprint density at radius 3 is 2.67 bits per heavy atom. The summed E-state index contributed by atoms with van der Waals surface area (Å²) in [6.07, 6.45) is 0. The molecule has 0 radical (unpaired) electrons. The molecule has 0 saturated carbocycles. The Kier molecular flexibility index (Phi) is 5.68. The fourth-order valence-corrected chi connectivity index (χ4v) is 3.57. The predicted octanol–water partition coefficient (Wildman–Crippen LogP) is 5.36. The lowest BCUT2D eigenvalue weighted by molar-refractivity contribution is 0.594. The van der Waals surface area contributed by atoms with Crippen molar-refractivity contribution in [2.75, 3.05) is 7.05 Å². The number of halogens is 2. The molecule has 1 atom stereocenters. The molecule has 0 aliphatic rings. The van der Waals surface area contributed by atoms with E-state index >= 15 is 0 Å². The molecule has 0 aromatic heterocycles. The van der Waals surface area contributed by atoms with Crippen molar-refractivity contribution < 1.29 is 4.39 Å². The Hall–Kier alpha value is -1.03. The second-order valence-electron chi connectivity index (χ2n) is 5.03. The maximum atomic E-state index is 13.8. The number of rotatable bonds is 5. The van der Waals surface area contributed by atoms with Gasteiger partial charge in [0.05, 0.1) is 0 Å². The van der Waals surface area contributed by atoms with Crippen LogP contribution in [0, 0.1) is 12.7 Å². The second kappa shape index (κ2) is 7.30. The van der Waals surface area contributed by atoms with Crippen molar-refractivity contribution in [3.63, 3.8) is 0 Å². The topological polar surface area (TPSA) is 12.0 Å². The minimum Gasteiger partial charge on any atom is -0.313 e. The lowest BCUT2D eigenvalue weighted by Gasteiger charge is -2.17. The SMILES string of the molecule is CNC(C)c1cc(F)c(C)cc1SCc1ccccc1Cl. The molecule has 0 spiro atoms. The van der Waals surface area contributed by atoms with Crippen LogP contribution in [0.3, 0.4) is 0 Å². The first-order valence-electron chi connectivity index (χ1n) is 6.86. The summed E-state index contributed by atoms with van der Waals surface area (Å²) in [5.74, 6) is 0.614. The molecule has 2 aromatic rings. The van der Waals surface area contributed by atoms with Gasteiger partial charge in [0.25, 0.3) is 0 Å². The zero-order valence-corrected chi connectivity index (χ0v) is 14.0. The number of aryl methyl sites for hydroxylation is 1. The molecular weight excluding hydrogens is 305 g/mol. The number of nitrogens with one attached hydrogen (secondary N) is 1. The fourth-order valence-electron chi connectivity index (χ4n) is 2.06. The van der Waals surface area contributed by atoms with Crippen LogP contribution in [0.25, 0.3) is 0 Å². The number of hydrogen-bond acceptors (Lipinski definition) is 2. The molecule has 1 nitrogen and oxygen atoms in total. The first-order chi connectivity index (χ1) is 10.0. The van der Waals surface area contributed by atoms with Crippen molar-refractivity contribution in [1.29, 1.82) is 0 Å². The van der Waals surface area contributed by atoms with Crippen molar-refractivity contribution >= 4 is 23.4 Å². The molecular formula is C17H19ClFNS. The van der Waals surface area contributed by atoms with Crippen LogP contribution in [0.2, 0.25) is 5.02 Å². The summed E-state index contributed by atoms with van der Waals surface area (Å²) in [5.41, 5.74) is 2.75. The van der Waals surface area contributed by atoms with Gasteiger partial charge >= 0.3 is 0 Å². The van der Waals surface area contributed by atoms with Gasteiger partial charge in [-0.2, -0.15) is 0 Å². The molecule has 2 aromatic carbocycles. The van der Waals surface area contributed by atoms with Crippen LogP contribution in [-0.4, -0.2) is 7.05 Å². The molecule has 2 rings (SSSR count). The van der Waals surface area contributed by atoms with E-state index < -0.39 is 0 Å². The highest BCUT2D eigenvalue weighted by Crippen LogP contribution is 2.33. The fraction of sp³-hybridized carbons (Fsp3) is 0.294. The molecule has 0 heterocycles. The quantitative estimate of drug-likeness (QED) is 0.743. The Morgan fingerprint density at radius 2 is 2.00 bits per heavy atom. The van der Waals surface area contributed by atoms with Crippen molar-refractivity contribution in [1.82, 2.24) is 5.32 Å². The Labute approximate surface area is 134 Å². The first-order valence-corrected chi connectivity index (χ1v) is 8.22. The van der Waals surface area contributed by atoms with Crippen molar-refractivity contribution in [2.24, 2.45) is 0 Å². The minimum absolute atomic E-state index is 0.105. The van der Waals surface area contributed by atoms with Gasteiger partial charge in [0, 0.05) is 21.7 Å². The zero-order chi connectivity index (χ0) is 15.4. The second-order valence-corrected chi connectivity index (χ2v) is 6.45. The lowest BCUT2D eigenvalue weighted by atomic mass is 10.1. The zero-order valence-electron chi connectivity index (χ0n) is 12.4. The molecule has 4 heteroatoms. The van der Waals surface area contributed by atoms with E-state index in [4.69, 9.17) is 11.6 Å².